The van der Waals surface area contributed by atoms with Crippen molar-refractivity contribution >= 4 is 39.3 Å². The van der Waals surface area contributed by atoms with Gasteiger partial charge in [0.05, 0.1) is 11.8 Å². The highest BCUT2D eigenvalue weighted by Gasteiger charge is 2.28. The summed E-state index contributed by atoms with van der Waals surface area (Å²) in [5, 5.41) is 15.1. The second-order valence-electron chi connectivity index (χ2n) is 4.48. The van der Waals surface area contributed by atoms with Crippen molar-refractivity contribution in [2.24, 2.45) is 0 Å². The number of thioether (sulfide) groups is 1. The fourth-order valence-corrected chi connectivity index (χ4v) is 2.70. The molecule has 1 aliphatic rings. The minimum atomic E-state index is -0.0670. The molecule has 0 spiro atoms. The maximum atomic E-state index is 11.9. The summed E-state index contributed by atoms with van der Waals surface area (Å²) in [5.41, 5.74) is 0.778. The fraction of sp³-hybridized carbons (Fsp3) is 0.333. The average Bonchev–Trinajstić information content (AvgIpc) is 3.18. The Morgan fingerprint density at radius 2 is 2.15 bits per heavy atom. The zero-order valence-corrected chi connectivity index (χ0v) is 12.9. The number of amides is 1. The number of nitrogens with one attached hydrogen (secondary N) is 1. The Hall–Kier alpha value is -1.41. The highest BCUT2D eigenvalue weighted by Crippen LogP contribution is 2.36. The van der Waals surface area contributed by atoms with E-state index in [1.54, 1.807) is 4.68 Å². The summed E-state index contributed by atoms with van der Waals surface area (Å²) in [5.74, 6) is 0.228. The van der Waals surface area contributed by atoms with Gasteiger partial charge >= 0.3 is 0 Å². The molecule has 1 aromatic carbocycles. The summed E-state index contributed by atoms with van der Waals surface area (Å²) >= 11 is 4.71. The number of nitrogens with zero attached hydrogens (tertiary/aromatic N) is 4. The van der Waals surface area contributed by atoms with Crippen LogP contribution in [0.3, 0.4) is 0 Å². The zero-order chi connectivity index (χ0) is 13.9. The lowest BCUT2D eigenvalue weighted by atomic mass is 10.3. The first-order valence-corrected chi connectivity index (χ1v) is 7.96. The van der Waals surface area contributed by atoms with Crippen molar-refractivity contribution in [3.05, 3.63) is 28.7 Å². The van der Waals surface area contributed by atoms with Crippen molar-refractivity contribution < 1.29 is 4.79 Å². The van der Waals surface area contributed by atoms with Crippen LogP contribution >= 0.6 is 27.7 Å². The van der Waals surface area contributed by atoms with Crippen molar-refractivity contribution in [2.75, 3.05) is 11.1 Å². The van der Waals surface area contributed by atoms with Gasteiger partial charge in [0, 0.05) is 10.2 Å². The van der Waals surface area contributed by atoms with Gasteiger partial charge in [0.1, 0.15) is 0 Å². The average molecular weight is 354 g/mol. The van der Waals surface area contributed by atoms with Crippen molar-refractivity contribution in [1.29, 1.82) is 0 Å². The second-order valence-corrected chi connectivity index (χ2v) is 6.34. The van der Waals surface area contributed by atoms with Crippen LogP contribution in [0.5, 0.6) is 0 Å². The number of rotatable bonds is 5. The summed E-state index contributed by atoms with van der Waals surface area (Å²) in [6.45, 7) is 0. The van der Waals surface area contributed by atoms with E-state index in [0.29, 0.717) is 17.0 Å². The van der Waals surface area contributed by atoms with Gasteiger partial charge in [-0.05, 0) is 47.5 Å². The molecule has 20 heavy (non-hydrogen) atoms. The molecule has 0 bridgehead atoms. The van der Waals surface area contributed by atoms with Crippen LogP contribution in [0.1, 0.15) is 18.9 Å². The molecule has 6 nitrogen and oxygen atoms in total. The first kappa shape index (κ1) is 13.6. The highest BCUT2D eigenvalue weighted by atomic mass is 79.9. The first-order chi connectivity index (χ1) is 9.72. The standard InChI is InChI=1S/C12H12BrN5OS/c13-8-1-3-9(4-2-8)14-11(19)7-20-12-15-16-17-18(12)10-5-6-10/h1-4,10H,5-7H2,(H,14,19). The third-order valence-electron chi connectivity index (χ3n) is 2.82. The van der Waals surface area contributed by atoms with Gasteiger partial charge in [-0.2, -0.15) is 0 Å². The number of carbonyl (C=O) groups is 1. The van der Waals surface area contributed by atoms with Crippen LogP contribution in [0.15, 0.2) is 33.9 Å². The summed E-state index contributed by atoms with van der Waals surface area (Å²) in [6.07, 6.45) is 2.23. The first-order valence-electron chi connectivity index (χ1n) is 6.18. The number of benzene rings is 1. The van der Waals surface area contributed by atoms with Gasteiger partial charge in [0.2, 0.25) is 11.1 Å². The van der Waals surface area contributed by atoms with E-state index < -0.39 is 0 Å². The smallest absolute Gasteiger partial charge is 0.234 e. The summed E-state index contributed by atoms with van der Waals surface area (Å²) < 4.78 is 2.78. The number of anilines is 1. The lowest BCUT2D eigenvalue weighted by molar-refractivity contribution is -0.113. The molecule has 0 atom stereocenters. The summed E-state index contributed by atoms with van der Waals surface area (Å²) in [7, 11) is 0. The number of halogens is 1. The topological polar surface area (TPSA) is 72.7 Å². The third-order valence-corrected chi connectivity index (χ3v) is 4.28. The Kier molecular flexibility index (Phi) is 4.02. The predicted molar refractivity (Wildman–Crippen MR) is 79.6 cm³/mol. The number of tetrazole rings is 1. The van der Waals surface area contributed by atoms with Crippen LogP contribution in [0.25, 0.3) is 0 Å². The van der Waals surface area contributed by atoms with Crippen LogP contribution in [-0.4, -0.2) is 31.9 Å². The van der Waals surface area contributed by atoms with Crippen LogP contribution in [-0.2, 0) is 4.79 Å². The molecule has 1 amide bonds. The number of hydrogen-bond acceptors (Lipinski definition) is 5. The highest BCUT2D eigenvalue weighted by molar-refractivity contribution is 9.10. The number of hydrogen-bond donors (Lipinski definition) is 1. The molecule has 1 aliphatic carbocycles. The SMILES string of the molecule is O=C(CSc1nnnn1C1CC1)Nc1ccc(Br)cc1. The van der Waals surface area contributed by atoms with Gasteiger partial charge in [-0.3, -0.25) is 4.79 Å². The van der Waals surface area contributed by atoms with E-state index in [2.05, 4.69) is 36.8 Å². The van der Waals surface area contributed by atoms with E-state index in [-0.39, 0.29) is 5.91 Å². The zero-order valence-electron chi connectivity index (χ0n) is 10.5. The van der Waals surface area contributed by atoms with E-state index in [1.165, 1.54) is 11.8 Å². The van der Waals surface area contributed by atoms with Crippen molar-refractivity contribution in [3.63, 3.8) is 0 Å². The minimum Gasteiger partial charge on any atom is -0.325 e. The Bertz CT molecular complexity index is 611. The molecule has 0 aliphatic heterocycles. The normalized spacial score (nSPS) is 14.2. The quantitative estimate of drug-likeness (QED) is 0.836. The molecule has 0 radical (unpaired) electrons. The monoisotopic (exact) mass is 353 g/mol. The van der Waals surface area contributed by atoms with Crippen LogP contribution in [0, 0.1) is 0 Å². The van der Waals surface area contributed by atoms with E-state index >= 15 is 0 Å². The number of carbonyl (C=O) groups excluding carboxylic acids is 1. The maximum absolute atomic E-state index is 11.9. The second kappa shape index (κ2) is 5.92. The molecular weight excluding hydrogens is 342 g/mol. The molecule has 8 heteroatoms. The van der Waals surface area contributed by atoms with Crippen LogP contribution in [0.2, 0.25) is 0 Å². The summed E-state index contributed by atoms with van der Waals surface area (Å²) in [4.78, 5) is 11.9. The minimum absolute atomic E-state index is 0.0670. The Morgan fingerprint density at radius 1 is 1.40 bits per heavy atom. The third kappa shape index (κ3) is 3.37. The molecule has 104 valence electrons. The van der Waals surface area contributed by atoms with Crippen molar-refractivity contribution in [1.82, 2.24) is 20.2 Å². The van der Waals surface area contributed by atoms with E-state index in [9.17, 15) is 4.79 Å². The van der Waals surface area contributed by atoms with Gasteiger partial charge in [-0.25, -0.2) is 4.68 Å². The Balaban J connectivity index is 1.54. The van der Waals surface area contributed by atoms with Gasteiger partial charge in [-0.15, -0.1) is 5.10 Å². The maximum Gasteiger partial charge on any atom is 0.234 e. The van der Waals surface area contributed by atoms with Crippen molar-refractivity contribution in [2.45, 2.75) is 24.0 Å². The number of aromatic nitrogens is 4. The molecule has 3 rings (SSSR count). The van der Waals surface area contributed by atoms with E-state index in [1.807, 2.05) is 24.3 Å². The van der Waals surface area contributed by atoms with Gasteiger partial charge < -0.3 is 5.32 Å². The Morgan fingerprint density at radius 3 is 2.85 bits per heavy atom. The summed E-state index contributed by atoms with van der Waals surface area (Å²) in [6, 6.07) is 7.89. The van der Waals surface area contributed by atoms with Crippen LogP contribution < -0.4 is 5.32 Å². The molecule has 1 N–H and O–H groups in total. The van der Waals surface area contributed by atoms with Gasteiger partial charge in [-0.1, -0.05) is 27.7 Å². The fourth-order valence-electron chi connectivity index (χ4n) is 1.69. The van der Waals surface area contributed by atoms with Gasteiger partial charge in [0.25, 0.3) is 0 Å². The lowest BCUT2D eigenvalue weighted by Gasteiger charge is -2.05. The largest absolute Gasteiger partial charge is 0.325 e. The van der Waals surface area contributed by atoms with Gasteiger partial charge in [0.15, 0.2) is 0 Å². The van der Waals surface area contributed by atoms with Crippen molar-refractivity contribution in [3.8, 4) is 0 Å². The van der Waals surface area contributed by atoms with Crippen LogP contribution in [0.4, 0.5) is 5.69 Å². The molecule has 1 saturated carbocycles. The lowest BCUT2D eigenvalue weighted by Crippen LogP contribution is -2.14. The predicted octanol–water partition coefficient (Wildman–Crippen LogP) is 2.50. The molecule has 1 heterocycles. The molecule has 0 unspecified atom stereocenters. The molecular formula is C12H12BrN5OS. The molecule has 1 fully saturated rings. The van der Waals surface area contributed by atoms with E-state index in [4.69, 9.17) is 0 Å². The molecule has 1 aromatic heterocycles. The molecule has 0 saturated heterocycles. The molecule has 2 aromatic rings. The Labute approximate surface area is 128 Å². The van der Waals surface area contributed by atoms with E-state index in [0.717, 1.165) is 23.0 Å².